The zero-order valence-corrected chi connectivity index (χ0v) is 13.6. The highest BCUT2D eigenvalue weighted by molar-refractivity contribution is 5.78. The summed E-state index contributed by atoms with van der Waals surface area (Å²) in [6.07, 6.45) is 4.61. The van der Waals surface area contributed by atoms with Gasteiger partial charge in [-0.3, -0.25) is 14.5 Å². The van der Waals surface area contributed by atoms with E-state index in [-0.39, 0.29) is 17.9 Å². The number of rotatable bonds is 5. The van der Waals surface area contributed by atoms with Gasteiger partial charge >= 0.3 is 0 Å². The van der Waals surface area contributed by atoms with Gasteiger partial charge in [0.15, 0.2) is 0 Å². The lowest BCUT2D eigenvalue weighted by Gasteiger charge is -2.34. The van der Waals surface area contributed by atoms with Crippen molar-refractivity contribution in [2.45, 2.75) is 51.1 Å². The molecule has 2 aliphatic rings. The van der Waals surface area contributed by atoms with Crippen molar-refractivity contribution in [3.63, 3.8) is 0 Å². The Balaban J connectivity index is 1.94. The third-order valence-electron chi connectivity index (χ3n) is 4.89. The molecule has 122 valence electrons. The van der Waals surface area contributed by atoms with Gasteiger partial charge in [-0.25, -0.2) is 0 Å². The monoisotopic (exact) mass is 306 g/mol. The molecule has 0 spiro atoms. The molecule has 0 aromatic rings. The van der Waals surface area contributed by atoms with E-state index in [9.17, 15) is 9.59 Å². The van der Waals surface area contributed by atoms with Gasteiger partial charge in [-0.2, -0.15) is 5.26 Å². The average Bonchev–Trinajstić information content (AvgIpc) is 3.12. The lowest BCUT2D eigenvalue weighted by molar-refractivity contribution is -0.132. The first-order chi connectivity index (χ1) is 10.5. The van der Waals surface area contributed by atoms with E-state index >= 15 is 0 Å². The van der Waals surface area contributed by atoms with Crippen molar-refractivity contribution in [1.29, 1.82) is 5.26 Å². The first-order valence-corrected chi connectivity index (χ1v) is 8.16. The van der Waals surface area contributed by atoms with E-state index < -0.39 is 0 Å². The van der Waals surface area contributed by atoms with E-state index in [4.69, 9.17) is 5.26 Å². The Morgan fingerprint density at radius 3 is 2.59 bits per heavy atom. The van der Waals surface area contributed by atoms with E-state index in [0.29, 0.717) is 25.6 Å². The van der Waals surface area contributed by atoms with Crippen LogP contribution in [-0.4, -0.2) is 71.8 Å². The minimum atomic E-state index is 0.0644. The number of hydrogen-bond acceptors (Lipinski definition) is 4. The van der Waals surface area contributed by atoms with Gasteiger partial charge in [0.1, 0.15) is 0 Å². The van der Waals surface area contributed by atoms with Crippen LogP contribution < -0.4 is 0 Å². The summed E-state index contributed by atoms with van der Waals surface area (Å²) >= 11 is 0. The summed E-state index contributed by atoms with van der Waals surface area (Å²) in [5, 5.41) is 8.61. The molecule has 0 aliphatic carbocycles. The highest BCUT2D eigenvalue weighted by Gasteiger charge is 2.39. The summed E-state index contributed by atoms with van der Waals surface area (Å²) in [6.45, 7) is 4.29. The number of nitriles is 1. The molecule has 2 saturated heterocycles. The Bertz CT molecular complexity index is 460. The fourth-order valence-electron chi connectivity index (χ4n) is 3.70. The van der Waals surface area contributed by atoms with Crippen LogP contribution in [0.3, 0.4) is 0 Å². The third-order valence-corrected chi connectivity index (χ3v) is 4.89. The van der Waals surface area contributed by atoms with Gasteiger partial charge in [-0.05, 0) is 32.2 Å². The van der Waals surface area contributed by atoms with Gasteiger partial charge in [-0.1, -0.05) is 0 Å². The molecule has 0 unspecified atom stereocenters. The number of nitrogens with zero attached hydrogens (tertiary/aromatic N) is 4. The maximum Gasteiger partial charge on any atom is 0.236 e. The number of likely N-dealkylation sites (tertiary alicyclic amines) is 2. The summed E-state index contributed by atoms with van der Waals surface area (Å²) in [5.74, 6) is 0.210. The van der Waals surface area contributed by atoms with Gasteiger partial charge in [0.25, 0.3) is 0 Å². The first kappa shape index (κ1) is 16.8. The molecule has 2 heterocycles. The molecule has 2 atom stereocenters. The molecule has 0 bridgehead atoms. The molecule has 2 aliphatic heterocycles. The molecule has 0 saturated carbocycles. The van der Waals surface area contributed by atoms with Crippen LogP contribution >= 0.6 is 0 Å². The van der Waals surface area contributed by atoms with Gasteiger partial charge in [0.05, 0.1) is 19.0 Å². The second-order valence-corrected chi connectivity index (χ2v) is 6.33. The van der Waals surface area contributed by atoms with E-state index in [1.165, 1.54) is 0 Å². The maximum atomic E-state index is 12.3. The third kappa shape index (κ3) is 3.77. The summed E-state index contributed by atoms with van der Waals surface area (Å²) in [6, 6.07) is 2.63. The van der Waals surface area contributed by atoms with E-state index in [0.717, 1.165) is 38.8 Å². The summed E-state index contributed by atoms with van der Waals surface area (Å²) < 4.78 is 0. The lowest BCUT2D eigenvalue weighted by atomic mass is 10.0. The first-order valence-electron chi connectivity index (χ1n) is 8.16. The largest absolute Gasteiger partial charge is 0.344 e. The van der Waals surface area contributed by atoms with Crippen LogP contribution in [0.25, 0.3) is 0 Å². The molecule has 6 nitrogen and oxygen atoms in total. The van der Waals surface area contributed by atoms with E-state index in [1.807, 2.05) is 4.90 Å². The van der Waals surface area contributed by atoms with Crippen LogP contribution in [0.15, 0.2) is 0 Å². The Labute approximate surface area is 132 Å². The van der Waals surface area contributed by atoms with Crippen LogP contribution in [0.1, 0.15) is 39.0 Å². The van der Waals surface area contributed by atoms with Crippen molar-refractivity contribution < 1.29 is 9.59 Å². The number of amides is 2. The van der Waals surface area contributed by atoms with Crippen LogP contribution in [0.4, 0.5) is 0 Å². The fraction of sp³-hybridized carbons (Fsp3) is 0.812. The maximum absolute atomic E-state index is 12.3. The molecule has 0 N–H and O–H groups in total. The van der Waals surface area contributed by atoms with Crippen LogP contribution in [0.5, 0.6) is 0 Å². The zero-order chi connectivity index (χ0) is 16.1. The van der Waals surface area contributed by atoms with Crippen molar-refractivity contribution in [2.24, 2.45) is 0 Å². The van der Waals surface area contributed by atoms with Crippen LogP contribution in [-0.2, 0) is 9.59 Å². The Kier molecular flexibility index (Phi) is 5.78. The topological polar surface area (TPSA) is 67.7 Å². The van der Waals surface area contributed by atoms with E-state index in [2.05, 4.69) is 11.0 Å². The van der Waals surface area contributed by atoms with Gasteiger partial charge in [0, 0.05) is 39.1 Å². The molecule has 0 radical (unpaired) electrons. The second-order valence-electron chi connectivity index (χ2n) is 6.33. The van der Waals surface area contributed by atoms with Crippen molar-refractivity contribution >= 4 is 11.8 Å². The van der Waals surface area contributed by atoms with Gasteiger partial charge < -0.3 is 9.80 Å². The molecule has 2 fully saturated rings. The molecule has 0 aromatic carbocycles. The van der Waals surface area contributed by atoms with Gasteiger partial charge in [-0.15, -0.1) is 0 Å². The SMILES string of the molecule is CC(=O)N1CCC[C@H]1[C@@H]1CCCN1CC(=O)N(C)CCC#N. The molecular weight excluding hydrogens is 280 g/mol. The van der Waals surface area contributed by atoms with Gasteiger partial charge in [0.2, 0.25) is 11.8 Å². The summed E-state index contributed by atoms with van der Waals surface area (Å²) in [5.41, 5.74) is 0. The zero-order valence-electron chi connectivity index (χ0n) is 13.6. The summed E-state index contributed by atoms with van der Waals surface area (Å²) in [7, 11) is 1.75. The number of carbonyl (C=O) groups is 2. The molecule has 0 aromatic heterocycles. The predicted molar refractivity (Wildman–Crippen MR) is 82.9 cm³/mol. The van der Waals surface area contributed by atoms with Crippen LogP contribution in [0.2, 0.25) is 0 Å². The smallest absolute Gasteiger partial charge is 0.236 e. The fourth-order valence-corrected chi connectivity index (χ4v) is 3.70. The highest BCUT2D eigenvalue weighted by atomic mass is 16.2. The molecule has 22 heavy (non-hydrogen) atoms. The minimum absolute atomic E-state index is 0.0644. The van der Waals surface area contributed by atoms with Crippen molar-refractivity contribution in [3.8, 4) is 6.07 Å². The second kappa shape index (κ2) is 7.59. The Hall–Kier alpha value is -1.61. The quantitative estimate of drug-likeness (QED) is 0.754. The standard InChI is InChI=1S/C16H26N4O2/c1-13(21)20-11-4-7-15(20)14-6-3-10-19(14)12-16(22)18(2)9-5-8-17/h14-15H,3-7,9-12H2,1-2H3/t14-,15-/m0/s1. The van der Waals surface area contributed by atoms with Crippen molar-refractivity contribution in [3.05, 3.63) is 0 Å². The number of likely N-dealkylation sites (N-methyl/N-ethyl adjacent to an activating group) is 1. The highest BCUT2D eigenvalue weighted by Crippen LogP contribution is 2.29. The molecule has 2 rings (SSSR count). The number of carbonyl (C=O) groups excluding carboxylic acids is 2. The average molecular weight is 306 g/mol. The van der Waals surface area contributed by atoms with E-state index in [1.54, 1.807) is 18.9 Å². The van der Waals surface area contributed by atoms with Crippen molar-refractivity contribution in [2.75, 3.05) is 33.2 Å². The predicted octanol–water partition coefficient (Wildman–Crippen LogP) is 0.834. The molecule has 2 amide bonds. The lowest BCUT2D eigenvalue weighted by Crippen LogP contribution is -2.50. The van der Waals surface area contributed by atoms with Crippen LogP contribution in [0, 0.1) is 11.3 Å². The number of hydrogen-bond donors (Lipinski definition) is 0. The Morgan fingerprint density at radius 1 is 1.23 bits per heavy atom. The normalized spacial score (nSPS) is 25.2. The minimum Gasteiger partial charge on any atom is -0.344 e. The molecule has 6 heteroatoms. The summed E-state index contributed by atoms with van der Waals surface area (Å²) in [4.78, 5) is 29.9. The Morgan fingerprint density at radius 2 is 1.91 bits per heavy atom. The van der Waals surface area contributed by atoms with Crippen molar-refractivity contribution in [1.82, 2.24) is 14.7 Å². The molecular formula is C16H26N4O2.